The Kier molecular flexibility index (Phi) is 6.23. The third kappa shape index (κ3) is 4.73. The molecule has 146 valence electrons. The Labute approximate surface area is 159 Å². The van der Waals surface area contributed by atoms with E-state index in [0.717, 1.165) is 24.5 Å². The first-order valence-corrected chi connectivity index (χ1v) is 9.51. The molecule has 1 fully saturated rings. The fourth-order valence-corrected chi connectivity index (χ4v) is 3.56. The van der Waals surface area contributed by atoms with Crippen molar-refractivity contribution in [2.45, 2.75) is 26.4 Å². The zero-order valence-corrected chi connectivity index (χ0v) is 15.9. The summed E-state index contributed by atoms with van der Waals surface area (Å²) < 4.78 is 5.72. The molecule has 3 rings (SSSR count). The summed E-state index contributed by atoms with van der Waals surface area (Å²) in [4.78, 5) is 40.2. The van der Waals surface area contributed by atoms with Crippen LogP contribution < -0.4 is 5.32 Å². The van der Waals surface area contributed by atoms with Crippen molar-refractivity contribution in [2.75, 3.05) is 39.3 Å². The highest BCUT2D eigenvalue weighted by Crippen LogP contribution is 2.22. The molecule has 0 spiro atoms. The fourth-order valence-electron chi connectivity index (χ4n) is 3.56. The first kappa shape index (κ1) is 19.5. The molecular formula is C20H27N3O4. The number of morpholine rings is 1. The minimum Gasteiger partial charge on any atom is -0.374 e. The normalized spacial score (nSPS) is 20.3. The largest absolute Gasteiger partial charge is 0.374 e. The summed E-state index contributed by atoms with van der Waals surface area (Å²) in [5.74, 6) is -0.249. The number of rotatable bonds is 7. The van der Waals surface area contributed by atoms with Gasteiger partial charge in [0.1, 0.15) is 0 Å². The maximum absolute atomic E-state index is 12.3. The second-order valence-electron chi connectivity index (χ2n) is 7.51. The summed E-state index contributed by atoms with van der Waals surface area (Å²) in [5, 5.41) is 2.86. The van der Waals surface area contributed by atoms with Crippen LogP contribution in [-0.2, 0) is 9.53 Å². The fraction of sp³-hybridized carbons (Fsp3) is 0.550. The molecule has 0 aliphatic carbocycles. The summed E-state index contributed by atoms with van der Waals surface area (Å²) in [6.07, 6.45) is 0.0641. The van der Waals surface area contributed by atoms with Gasteiger partial charge in [-0.15, -0.1) is 0 Å². The number of nitrogens with zero attached hydrogens (tertiary/aromatic N) is 2. The van der Waals surface area contributed by atoms with Crippen molar-refractivity contribution in [1.29, 1.82) is 0 Å². The Morgan fingerprint density at radius 3 is 2.52 bits per heavy atom. The van der Waals surface area contributed by atoms with Crippen LogP contribution in [0.4, 0.5) is 0 Å². The number of carbonyl (C=O) groups excluding carboxylic acids is 3. The summed E-state index contributed by atoms with van der Waals surface area (Å²) in [7, 11) is 0. The smallest absolute Gasteiger partial charge is 0.261 e. The van der Waals surface area contributed by atoms with Gasteiger partial charge in [0, 0.05) is 39.1 Å². The Hall–Kier alpha value is -2.25. The minimum atomic E-state index is -0.330. The molecule has 27 heavy (non-hydrogen) atoms. The van der Waals surface area contributed by atoms with Crippen molar-refractivity contribution in [3.8, 4) is 0 Å². The molecule has 7 nitrogen and oxygen atoms in total. The van der Waals surface area contributed by atoms with E-state index in [1.807, 2.05) is 0 Å². The molecule has 2 aliphatic rings. The van der Waals surface area contributed by atoms with Crippen LogP contribution in [-0.4, -0.2) is 73.0 Å². The third-order valence-corrected chi connectivity index (χ3v) is 4.81. The number of carbonyl (C=O) groups is 3. The quantitative estimate of drug-likeness (QED) is 0.726. The number of nitrogens with one attached hydrogen (secondary N) is 1. The second kappa shape index (κ2) is 8.63. The van der Waals surface area contributed by atoms with Crippen LogP contribution in [0.15, 0.2) is 24.3 Å². The van der Waals surface area contributed by atoms with E-state index in [1.54, 1.807) is 24.3 Å². The van der Waals surface area contributed by atoms with Gasteiger partial charge < -0.3 is 10.1 Å². The minimum absolute atomic E-state index is 0.0271. The summed E-state index contributed by atoms with van der Waals surface area (Å²) in [5.41, 5.74) is 0.813. The van der Waals surface area contributed by atoms with Crippen LogP contribution in [0, 0.1) is 5.92 Å². The molecule has 7 heteroatoms. The van der Waals surface area contributed by atoms with E-state index < -0.39 is 0 Å². The van der Waals surface area contributed by atoms with E-state index in [2.05, 4.69) is 24.1 Å². The third-order valence-electron chi connectivity index (χ3n) is 4.81. The van der Waals surface area contributed by atoms with E-state index in [4.69, 9.17) is 4.74 Å². The van der Waals surface area contributed by atoms with E-state index in [0.29, 0.717) is 30.2 Å². The lowest BCUT2D eigenvalue weighted by atomic mass is 10.1. The first-order valence-electron chi connectivity index (χ1n) is 9.51. The van der Waals surface area contributed by atoms with Gasteiger partial charge >= 0.3 is 0 Å². The number of ether oxygens (including phenoxy) is 1. The summed E-state index contributed by atoms with van der Waals surface area (Å²) in [6.45, 7) is 8.31. The van der Waals surface area contributed by atoms with Crippen molar-refractivity contribution in [3.63, 3.8) is 0 Å². The van der Waals surface area contributed by atoms with Crippen molar-refractivity contribution >= 4 is 17.7 Å². The molecule has 1 atom stereocenters. The van der Waals surface area contributed by atoms with Crippen molar-refractivity contribution < 1.29 is 19.1 Å². The maximum atomic E-state index is 12.3. The molecule has 0 unspecified atom stereocenters. The molecule has 3 amide bonds. The Bertz CT molecular complexity index is 684. The number of imide groups is 1. The molecule has 1 N–H and O–H groups in total. The van der Waals surface area contributed by atoms with Gasteiger partial charge in [0.2, 0.25) is 5.91 Å². The van der Waals surface area contributed by atoms with Crippen LogP contribution in [0.3, 0.4) is 0 Å². The van der Waals surface area contributed by atoms with Crippen LogP contribution in [0.5, 0.6) is 0 Å². The molecule has 1 aromatic rings. The first-order chi connectivity index (χ1) is 13.0. The lowest BCUT2D eigenvalue weighted by Gasteiger charge is -2.34. The Balaban J connectivity index is 1.43. The molecule has 2 heterocycles. The van der Waals surface area contributed by atoms with Crippen LogP contribution in [0.2, 0.25) is 0 Å². The molecule has 1 saturated heterocycles. The van der Waals surface area contributed by atoms with E-state index >= 15 is 0 Å². The van der Waals surface area contributed by atoms with Gasteiger partial charge in [-0.1, -0.05) is 26.0 Å². The topological polar surface area (TPSA) is 79.0 Å². The van der Waals surface area contributed by atoms with Crippen molar-refractivity contribution in [2.24, 2.45) is 5.92 Å². The van der Waals surface area contributed by atoms with Gasteiger partial charge in [0.05, 0.1) is 23.8 Å². The zero-order chi connectivity index (χ0) is 19.4. The number of hydrogen-bond acceptors (Lipinski definition) is 5. The lowest BCUT2D eigenvalue weighted by molar-refractivity contribution is -0.122. The van der Waals surface area contributed by atoms with Gasteiger partial charge in [-0.3, -0.25) is 24.2 Å². The average molecular weight is 373 g/mol. The number of fused-ring (bicyclic) bond motifs is 1. The average Bonchev–Trinajstić information content (AvgIpc) is 2.89. The van der Waals surface area contributed by atoms with Gasteiger partial charge in [-0.2, -0.15) is 0 Å². The predicted octanol–water partition coefficient (Wildman–Crippen LogP) is 1.15. The molecule has 1 aromatic carbocycles. The van der Waals surface area contributed by atoms with E-state index in [9.17, 15) is 14.4 Å². The number of benzene rings is 1. The van der Waals surface area contributed by atoms with Crippen LogP contribution in [0.25, 0.3) is 0 Å². The molecule has 0 aromatic heterocycles. The van der Waals surface area contributed by atoms with Gasteiger partial charge in [0.25, 0.3) is 11.8 Å². The molecule has 0 radical (unpaired) electrons. The Morgan fingerprint density at radius 1 is 1.22 bits per heavy atom. The monoisotopic (exact) mass is 373 g/mol. The van der Waals surface area contributed by atoms with Gasteiger partial charge in [0.15, 0.2) is 0 Å². The maximum Gasteiger partial charge on any atom is 0.261 e. The number of amides is 3. The SMILES string of the molecule is CC(C)CN1CCO[C@@H](CNC(=O)CCN2C(=O)c3ccccc3C2=O)C1. The number of hydrogen-bond donors (Lipinski definition) is 1. The highest BCUT2D eigenvalue weighted by Gasteiger charge is 2.35. The highest BCUT2D eigenvalue weighted by atomic mass is 16.5. The van der Waals surface area contributed by atoms with Gasteiger partial charge in [-0.05, 0) is 18.1 Å². The second-order valence-corrected chi connectivity index (χ2v) is 7.51. The molecule has 0 saturated carbocycles. The summed E-state index contributed by atoms with van der Waals surface area (Å²) >= 11 is 0. The molecule has 0 bridgehead atoms. The van der Waals surface area contributed by atoms with Crippen LogP contribution >= 0.6 is 0 Å². The molecule has 2 aliphatic heterocycles. The van der Waals surface area contributed by atoms with Gasteiger partial charge in [-0.25, -0.2) is 0 Å². The summed E-state index contributed by atoms with van der Waals surface area (Å²) in [6, 6.07) is 6.73. The van der Waals surface area contributed by atoms with Crippen molar-refractivity contribution in [3.05, 3.63) is 35.4 Å². The zero-order valence-electron chi connectivity index (χ0n) is 15.9. The Morgan fingerprint density at radius 2 is 1.89 bits per heavy atom. The standard InChI is InChI=1S/C20H27N3O4/c1-14(2)12-22-9-10-27-15(13-22)11-21-18(24)7-8-23-19(25)16-5-3-4-6-17(16)20(23)26/h3-6,14-15H,7-13H2,1-2H3,(H,21,24)/t15-/m0/s1. The van der Waals surface area contributed by atoms with E-state index in [1.165, 1.54) is 0 Å². The highest BCUT2D eigenvalue weighted by molar-refractivity contribution is 6.21. The van der Waals surface area contributed by atoms with E-state index in [-0.39, 0.29) is 36.8 Å². The van der Waals surface area contributed by atoms with Crippen molar-refractivity contribution in [1.82, 2.24) is 15.1 Å². The predicted molar refractivity (Wildman–Crippen MR) is 100 cm³/mol. The molecular weight excluding hydrogens is 346 g/mol. The van der Waals surface area contributed by atoms with Crippen LogP contribution in [0.1, 0.15) is 41.0 Å². The lowest BCUT2D eigenvalue weighted by Crippen LogP contribution is -2.48.